The van der Waals surface area contributed by atoms with Gasteiger partial charge in [0.1, 0.15) is 22.9 Å². The number of aryl methyl sites for hydroxylation is 1. The summed E-state index contributed by atoms with van der Waals surface area (Å²) in [6, 6.07) is 0.378. The van der Waals surface area contributed by atoms with Gasteiger partial charge in [0, 0.05) is 18.5 Å². The van der Waals surface area contributed by atoms with Crippen LogP contribution in [0.25, 0.3) is 0 Å². The Labute approximate surface area is 195 Å². The zero-order valence-corrected chi connectivity index (χ0v) is 18.9. The minimum absolute atomic E-state index is 0.0173. The summed E-state index contributed by atoms with van der Waals surface area (Å²) in [4.78, 5) is 37.3. The first-order valence-electron chi connectivity index (χ1n) is 10.1. The molecule has 0 aliphatic heterocycles. The molecule has 1 aliphatic rings. The maximum Gasteiger partial charge on any atom is 0.255 e. The average Bonchev–Trinajstić information content (AvgIpc) is 3.54. The second-order valence-electron chi connectivity index (χ2n) is 7.56. The van der Waals surface area contributed by atoms with Crippen LogP contribution >= 0.6 is 11.6 Å². The molecule has 0 aromatic carbocycles. The van der Waals surface area contributed by atoms with E-state index in [4.69, 9.17) is 16.3 Å². The number of carbonyl (C=O) groups is 2. The Balaban J connectivity index is 1.66. The molecule has 1 aliphatic carbocycles. The predicted octanol–water partition coefficient (Wildman–Crippen LogP) is 3.66. The normalized spacial score (nSPS) is 15.2. The van der Waals surface area contributed by atoms with Crippen molar-refractivity contribution in [2.75, 3.05) is 0 Å². The molecule has 2 amide bonds. The molecule has 0 radical (unpaired) electrons. The third-order valence-corrected chi connectivity index (χ3v) is 5.13. The number of pyridine rings is 1. The van der Waals surface area contributed by atoms with Gasteiger partial charge in [0.15, 0.2) is 5.82 Å². The van der Waals surface area contributed by atoms with Gasteiger partial charge in [-0.2, -0.15) is 0 Å². The van der Waals surface area contributed by atoms with Crippen LogP contribution < -0.4 is 15.4 Å². The average molecular weight is 472 g/mol. The fourth-order valence-corrected chi connectivity index (χ4v) is 3.06. The number of rotatable bonds is 9. The minimum Gasteiger partial charge on any atom is -0.454 e. The highest BCUT2D eigenvalue weighted by atomic mass is 35.5. The highest BCUT2D eigenvalue weighted by Gasteiger charge is 2.51. The first kappa shape index (κ1) is 24.1. The van der Waals surface area contributed by atoms with Gasteiger partial charge in [-0.3, -0.25) is 14.6 Å². The molecule has 2 heterocycles. The molecule has 0 saturated heterocycles. The van der Waals surface area contributed by atoms with E-state index in [1.165, 1.54) is 30.7 Å². The highest BCUT2D eigenvalue weighted by Crippen LogP contribution is 2.36. The van der Waals surface area contributed by atoms with Gasteiger partial charge in [0.25, 0.3) is 5.91 Å². The Morgan fingerprint density at radius 3 is 2.48 bits per heavy atom. The molecule has 172 valence electrons. The number of aromatic nitrogens is 3. The Kier molecular flexibility index (Phi) is 7.23. The van der Waals surface area contributed by atoms with Gasteiger partial charge in [-0.05, 0) is 32.8 Å². The monoisotopic (exact) mass is 471 g/mol. The molecule has 0 spiro atoms. The van der Waals surface area contributed by atoms with Gasteiger partial charge in [0.05, 0.1) is 28.5 Å². The third kappa shape index (κ3) is 5.81. The minimum atomic E-state index is -1.05. The van der Waals surface area contributed by atoms with Crippen LogP contribution in [0.15, 0.2) is 60.8 Å². The van der Waals surface area contributed by atoms with Crippen molar-refractivity contribution in [1.29, 1.82) is 0 Å². The smallest absolute Gasteiger partial charge is 0.255 e. The number of carbonyl (C=O) groups excluding carboxylic acids is 2. The zero-order chi connectivity index (χ0) is 24.2. The molecule has 1 saturated carbocycles. The SMILES string of the molecule is C=C/C=C(/Oc1cnc(C(C)NC(=O)C2(NC(=O)c3cnc(C)nc3)CC2)c(F)c1)C(=C)Cl. The maximum atomic E-state index is 14.7. The van der Waals surface area contributed by atoms with Crippen LogP contribution in [0.1, 0.15) is 47.7 Å². The van der Waals surface area contributed by atoms with Crippen molar-refractivity contribution in [3.63, 3.8) is 0 Å². The molecule has 3 rings (SSSR count). The lowest BCUT2D eigenvalue weighted by atomic mass is 10.1. The number of halogens is 2. The van der Waals surface area contributed by atoms with Crippen LogP contribution in [-0.4, -0.2) is 32.3 Å². The number of hydrogen-bond donors (Lipinski definition) is 2. The summed E-state index contributed by atoms with van der Waals surface area (Å²) in [5.41, 5.74) is -0.787. The molecule has 33 heavy (non-hydrogen) atoms. The molecule has 1 atom stereocenters. The van der Waals surface area contributed by atoms with Crippen molar-refractivity contribution in [3.8, 4) is 5.75 Å². The molecule has 8 nitrogen and oxygen atoms in total. The van der Waals surface area contributed by atoms with Crippen LogP contribution in [0, 0.1) is 12.7 Å². The van der Waals surface area contributed by atoms with Crippen molar-refractivity contribution < 1.29 is 18.7 Å². The number of nitrogens with zero attached hydrogens (tertiary/aromatic N) is 3. The molecule has 10 heteroatoms. The Bertz CT molecular complexity index is 1130. The van der Waals surface area contributed by atoms with E-state index in [1.807, 2.05) is 0 Å². The molecule has 1 fully saturated rings. The zero-order valence-electron chi connectivity index (χ0n) is 18.2. The number of ether oxygens (including phenoxy) is 1. The summed E-state index contributed by atoms with van der Waals surface area (Å²) in [6.45, 7) is 10.4. The summed E-state index contributed by atoms with van der Waals surface area (Å²) >= 11 is 5.85. The van der Waals surface area contributed by atoms with Gasteiger partial charge in [-0.15, -0.1) is 0 Å². The highest BCUT2D eigenvalue weighted by molar-refractivity contribution is 6.31. The summed E-state index contributed by atoms with van der Waals surface area (Å²) < 4.78 is 20.2. The van der Waals surface area contributed by atoms with Crippen LogP contribution in [0.3, 0.4) is 0 Å². The second kappa shape index (κ2) is 9.91. The van der Waals surface area contributed by atoms with Crippen molar-refractivity contribution in [1.82, 2.24) is 25.6 Å². The van der Waals surface area contributed by atoms with Gasteiger partial charge in [-0.25, -0.2) is 14.4 Å². The van der Waals surface area contributed by atoms with E-state index in [9.17, 15) is 14.0 Å². The summed E-state index contributed by atoms with van der Waals surface area (Å²) in [6.07, 6.45) is 7.97. The first-order valence-corrected chi connectivity index (χ1v) is 10.5. The number of allylic oxidation sites excluding steroid dienone is 3. The molecule has 2 N–H and O–H groups in total. The van der Waals surface area contributed by atoms with E-state index in [-0.39, 0.29) is 27.8 Å². The van der Waals surface area contributed by atoms with E-state index < -0.39 is 29.2 Å². The van der Waals surface area contributed by atoms with Gasteiger partial charge >= 0.3 is 0 Å². The van der Waals surface area contributed by atoms with Crippen LogP contribution in [-0.2, 0) is 4.79 Å². The van der Waals surface area contributed by atoms with Crippen molar-refractivity contribution in [2.45, 2.75) is 38.3 Å². The first-order chi connectivity index (χ1) is 15.6. The van der Waals surface area contributed by atoms with Crippen LogP contribution in [0.4, 0.5) is 4.39 Å². The van der Waals surface area contributed by atoms with Crippen molar-refractivity contribution >= 4 is 23.4 Å². The van der Waals surface area contributed by atoms with Gasteiger partial charge in [-0.1, -0.05) is 30.8 Å². The molecular formula is C23H23ClFN5O3. The van der Waals surface area contributed by atoms with E-state index in [1.54, 1.807) is 13.8 Å². The topological polar surface area (TPSA) is 106 Å². The Hall–Kier alpha value is -3.59. The van der Waals surface area contributed by atoms with E-state index in [0.29, 0.717) is 18.7 Å². The number of hydrogen-bond acceptors (Lipinski definition) is 6. The second-order valence-corrected chi connectivity index (χ2v) is 8.02. The van der Waals surface area contributed by atoms with E-state index >= 15 is 0 Å². The van der Waals surface area contributed by atoms with E-state index in [0.717, 1.165) is 6.07 Å². The van der Waals surface area contributed by atoms with E-state index in [2.05, 4.69) is 38.7 Å². The molecular weight excluding hydrogens is 449 g/mol. The Morgan fingerprint density at radius 2 is 1.94 bits per heavy atom. The number of nitrogens with one attached hydrogen (secondary N) is 2. The summed E-state index contributed by atoms with van der Waals surface area (Å²) in [5.74, 6) is -0.712. The lowest BCUT2D eigenvalue weighted by Crippen LogP contribution is -2.49. The standard InChI is InChI=1S/C23H23ClFN5O3/c1-5-6-19(13(2)24)33-17-9-18(25)20(28-12-17)14(3)29-22(32)23(7-8-23)30-21(31)16-10-26-15(4)27-11-16/h5-6,9-12,14H,1-2,7-8H2,3-4H3,(H,29,32)(H,30,31)/b19-6+. The fraction of sp³-hybridized carbons (Fsp3) is 0.261. The lowest BCUT2D eigenvalue weighted by Gasteiger charge is -2.21. The lowest BCUT2D eigenvalue weighted by molar-refractivity contribution is -0.124. The van der Waals surface area contributed by atoms with Crippen molar-refractivity contribution in [3.05, 3.63) is 83.7 Å². The molecule has 2 aromatic rings. The molecule has 1 unspecified atom stereocenters. The summed E-state index contributed by atoms with van der Waals surface area (Å²) in [5, 5.41) is 5.56. The van der Waals surface area contributed by atoms with Crippen LogP contribution in [0.2, 0.25) is 0 Å². The molecule has 2 aromatic heterocycles. The number of amides is 2. The predicted molar refractivity (Wildman–Crippen MR) is 121 cm³/mol. The molecule has 0 bridgehead atoms. The summed E-state index contributed by atoms with van der Waals surface area (Å²) in [7, 11) is 0. The third-order valence-electron chi connectivity index (χ3n) is 4.95. The quantitative estimate of drug-likeness (QED) is 0.427. The van der Waals surface area contributed by atoms with Crippen LogP contribution in [0.5, 0.6) is 5.75 Å². The largest absolute Gasteiger partial charge is 0.454 e. The van der Waals surface area contributed by atoms with Gasteiger partial charge < -0.3 is 15.4 Å². The Morgan fingerprint density at radius 1 is 1.27 bits per heavy atom. The maximum absolute atomic E-state index is 14.7. The van der Waals surface area contributed by atoms with Gasteiger partial charge in [0.2, 0.25) is 5.91 Å². The fourth-order valence-electron chi connectivity index (χ4n) is 2.96. The van der Waals surface area contributed by atoms with Crippen molar-refractivity contribution in [2.24, 2.45) is 0 Å².